The standard InChI is InChI=1S/C14H27NO/c1-3-5-10-13(4-2)15-11-14(16)12-8-6-7-9-12/h3,12-16H,1,4-11H2,2H3. The number of hydrogen-bond acceptors (Lipinski definition) is 2. The van der Waals surface area contributed by atoms with E-state index in [2.05, 4.69) is 18.8 Å². The van der Waals surface area contributed by atoms with Gasteiger partial charge >= 0.3 is 0 Å². The number of aliphatic hydroxyl groups is 1. The van der Waals surface area contributed by atoms with Crippen molar-refractivity contribution in [2.45, 2.75) is 64.0 Å². The van der Waals surface area contributed by atoms with E-state index in [0.29, 0.717) is 12.0 Å². The largest absolute Gasteiger partial charge is 0.392 e. The third-order valence-corrected chi connectivity index (χ3v) is 3.77. The smallest absolute Gasteiger partial charge is 0.0692 e. The van der Waals surface area contributed by atoms with Crippen molar-refractivity contribution in [2.24, 2.45) is 5.92 Å². The zero-order valence-electron chi connectivity index (χ0n) is 10.6. The average Bonchev–Trinajstić information content (AvgIpc) is 2.82. The molecule has 2 heteroatoms. The molecule has 1 fully saturated rings. The lowest BCUT2D eigenvalue weighted by atomic mass is 10.00. The molecule has 0 spiro atoms. The van der Waals surface area contributed by atoms with Crippen LogP contribution in [0.25, 0.3) is 0 Å². The topological polar surface area (TPSA) is 32.3 Å². The molecule has 0 bridgehead atoms. The summed E-state index contributed by atoms with van der Waals surface area (Å²) in [5.74, 6) is 0.546. The van der Waals surface area contributed by atoms with Gasteiger partial charge in [-0.3, -0.25) is 0 Å². The molecule has 0 aliphatic heterocycles. The first-order valence-corrected chi connectivity index (χ1v) is 6.80. The van der Waals surface area contributed by atoms with Crippen LogP contribution in [-0.4, -0.2) is 23.8 Å². The lowest BCUT2D eigenvalue weighted by Crippen LogP contribution is -2.38. The second-order valence-electron chi connectivity index (χ2n) is 4.99. The zero-order chi connectivity index (χ0) is 11.8. The molecule has 1 aliphatic carbocycles. The van der Waals surface area contributed by atoms with Crippen molar-refractivity contribution in [3.8, 4) is 0 Å². The molecular formula is C14H27NO. The molecule has 1 aliphatic rings. The van der Waals surface area contributed by atoms with Crippen LogP contribution in [0.15, 0.2) is 12.7 Å². The number of nitrogens with one attached hydrogen (secondary N) is 1. The molecule has 0 aromatic rings. The highest BCUT2D eigenvalue weighted by Gasteiger charge is 2.23. The van der Waals surface area contributed by atoms with Crippen LogP contribution in [0.3, 0.4) is 0 Å². The maximum Gasteiger partial charge on any atom is 0.0692 e. The Kier molecular flexibility index (Phi) is 6.74. The van der Waals surface area contributed by atoms with Crippen molar-refractivity contribution in [1.82, 2.24) is 5.32 Å². The molecule has 1 saturated carbocycles. The van der Waals surface area contributed by atoms with Crippen molar-refractivity contribution in [3.63, 3.8) is 0 Å². The first-order valence-electron chi connectivity index (χ1n) is 6.80. The molecule has 16 heavy (non-hydrogen) atoms. The third kappa shape index (κ3) is 4.67. The highest BCUT2D eigenvalue weighted by Crippen LogP contribution is 2.27. The van der Waals surface area contributed by atoms with E-state index in [-0.39, 0.29) is 6.10 Å². The van der Waals surface area contributed by atoms with E-state index in [4.69, 9.17) is 0 Å². The van der Waals surface area contributed by atoms with E-state index in [1.165, 1.54) is 25.7 Å². The van der Waals surface area contributed by atoms with Crippen LogP contribution in [0.5, 0.6) is 0 Å². The van der Waals surface area contributed by atoms with Crippen molar-refractivity contribution in [2.75, 3.05) is 6.54 Å². The van der Waals surface area contributed by atoms with Crippen molar-refractivity contribution < 1.29 is 5.11 Å². The van der Waals surface area contributed by atoms with Crippen LogP contribution in [0.1, 0.15) is 51.9 Å². The van der Waals surface area contributed by atoms with Gasteiger partial charge in [-0.25, -0.2) is 0 Å². The van der Waals surface area contributed by atoms with Crippen LogP contribution in [0.4, 0.5) is 0 Å². The quantitative estimate of drug-likeness (QED) is 0.623. The van der Waals surface area contributed by atoms with Crippen molar-refractivity contribution in [3.05, 3.63) is 12.7 Å². The summed E-state index contributed by atoms with van der Waals surface area (Å²) in [5.41, 5.74) is 0. The minimum Gasteiger partial charge on any atom is -0.392 e. The minimum absolute atomic E-state index is 0.139. The molecule has 1 rings (SSSR count). The Morgan fingerprint density at radius 2 is 2.12 bits per heavy atom. The fourth-order valence-corrected chi connectivity index (χ4v) is 2.57. The van der Waals surface area contributed by atoms with Gasteiger partial charge in [0, 0.05) is 12.6 Å². The maximum absolute atomic E-state index is 10.0. The molecule has 0 saturated heterocycles. The lowest BCUT2D eigenvalue weighted by molar-refractivity contribution is 0.105. The van der Waals surface area contributed by atoms with Crippen LogP contribution >= 0.6 is 0 Å². The van der Waals surface area contributed by atoms with E-state index in [1.807, 2.05) is 6.08 Å². The highest BCUT2D eigenvalue weighted by atomic mass is 16.3. The van der Waals surface area contributed by atoms with Gasteiger partial charge < -0.3 is 10.4 Å². The second-order valence-corrected chi connectivity index (χ2v) is 4.99. The molecule has 2 atom stereocenters. The molecule has 0 amide bonds. The Bertz CT molecular complexity index is 187. The van der Waals surface area contributed by atoms with Gasteiger partial charge in [0.25, 0.3) is 0 Å². The first-order chi connectivity index (χ1) is 7.77. The molecule has 2 nitrogen and oxygen atoms in total. The summed E-state index contributed by atoms with van der Waals surface area (Å²) < 4.78 is 0. The number of aliphatic hydroxyl groups excluding tert-OH is 1. The molecule has 0 heterocycles. The SMILES string of the molecule is C=CCCC(CC)NCC(O)C1CCCC1. The summed E-state index contributed by atoms with van der Waals surface area (Å²) in [6.07, 6.45) is 10.2. The Balaban J connectivity index is 2.17. The van der Waals surface area contributed by atoms with Gasteiger partial charge in [0.05, 0.1) is 6.10 Å². The Morgan fingerprint density at radius 1 is 1.44 bits per heavy atom. The van der Waals surface area contributed by atoms with Crippen molar-refractivity contribution in [1.29, 1.82) is 0 Å². The second kappa shape index (κ2) is 7.86. The predicted molar refractivity (Wildman–Crippen MR) is 69.5 cm³/mol. The van der Waals surface area contributed by atoms with Gasteiger partial charge in [0.2, 0.25) is 0 Å². The first kappa shape index (κ1) is 13.7. The van der Waals surface area contributed by atoms with Gasteiger partial charge in [0.1, 0.15) is 0 Å². The van der Waals surface area contributed by atoms with E-state index in [0.717, 1.165) is 25.8 Å². The highest BCUT2D eigenvalue weighted by molar-refractivity contribution is 4.79. The Morgan fingerprint density at radius 3 is 2.69 bits per heavy atom. The number of hydrogen-bond donors (Lipinski definition) is 2. The van der Waals surface area contributed by atoms with E-state index in [9.17, 15) is 5.11 Å². The Hall–Kier alpha value is -0.340. The van der Waals surface area contributed by atoms with Crippen LogP contribution in [-0.2, 0) is 0 Å². The molecule has 2 unspecified atom stereocenters. The van der Waals surface area contributed by atoms with Crippen molar-refractivity contribution >= 4 is 0 Å². The van der Waals surface area contributed by atoms with Gasteiger partial charge in [-0.15, -0.1) is 6.58 Å². The molecule has 2 N–H and O–H groups in total. The molecule has 0 aromatic heterocycles. The van der Waals surface area contributed by atoms with Crippen LogP contribution in [0, 0.1) is 5.92 Å². The normalized spacial score (nSPS) is 20.9. The van der Waals surface area contributed by atoms with Crippen LogP contribution < -0.4 is 5.32 Å². The van der Waals surface area contributed by atoms with Crippen LogP contribution in [0.2, 0.25) is 0 Å². The Labute approximate surface area is 100 Å². The predicted octanol–water partition coefficient (Wildman–Crippen LogP) is 2.87. The van der Waals surface area contributed by atoms with E-state index >= 15 is 0 Å². The van der Waals surface area contributed by atoms with Gasteiger partial charge in [0.15, 0.2) is 0 Å². The average molecular weight is 225 g/mol. The van der Waals surface area contributed by atoms with Gasteiger partial charge in [-0.2, -0.15) is 0 Å². The molecule has 0 radical (unpaired) electrons. The van der Waals surface area contributed by atoms with Gasteiger partial charge in [-0.05, 0) is 38.0 Å². The molecular weight excluding hydrogens is 198 g/mol. The summed E-state index contributed by atoms with van der Waals surface area (Å²) in [6, 6.07) is 0.536. The van der Waals surface area contributed by atoms with E-state index in [1.54, 1.807) is 0 Å². The number of allylic oxidation sites excluding steroid dienone is 1. The van der Waals surface area contributed by atoms with E-state index < -0.39 is 0 Å². The third-order valence-electron chi connectivity index (χ3n) is 3.77. The summed E-state index contributed by atoms with van der Waals surface area (Å²) in [6.45, 7) is 6.71. The summed E-state index contributed by atoms with van der Waals surface area (Å²) in [7, 11) is 0. The summed E-state index contributed by atoms with van der Waals surface area (Å²) in [4.78, 5) is 0. The maximum atomic E-state index is 10.0. The fourth-order valence-electron chi connectivity index (χ4n) is 2.57. The summed E-state index contributed by atoms with van der Waals surface area (Å²) >= 11 is 0. The molecule has 0 aromatic carbocycles. The number of rotatable bonds is 8. The fraction of sp³-hybridized carbons (Fsp3) is 0.857. The lowest BCUT2D eigenvalue weighted by Gasteiger charge is -2.22. The monoisotopic (exact) mass is 225 g/mol. The molecule has 94 valence electrons. The van der Waals surface area contributed by atoms with Gasteiger partial charge in [-0.1, -0.05) is 25.8 Å². The zero-order valence-corrected chi connectivity index (χ0v) is 10.6. The minimum atomic E-state index is -0.139. The summed E-state index contributed by atoms with van der Waals surface area (Å²) in [5, 5.41) is 13.5.